The summed E-state index contributed by atoms with van der Waals surface area (Å²) in [6.07, 6.45) is 0.751. The number of hydrogen-bond acceptors (Lipinski definition) is 5. The number of aryl methyl sites for hydroxylation is 1. The molecule has 0 spiro atoms. The molecule has 0 heterocycles. The van der Waals surface area contributed by atoms with Gasteiger partial charge < -0.3 is 9.47 Å². The molecule has 0 aromatic heterocycles. The lowest BCUT2D eigenvalue weighted by Crippen LogP contribution is -2.33. The summed E-state index contributed by atoms with van der Waals surface area (Å²) in [5, 5.41) is 4.52. The zero-order chi connectivity index (χ0) is 22.2. The van der Waals surface area contributed by atoms with E-state index >= 15 is 0 Å². The molecule has 1 N–H and O–H groups in total. The number of carbonyl (C=O) groups excluding carboxylic acids is 2. The minimum atomic E-state index is -0.735. The number of carbonyl (C=O) groups is 2. The van der Waals surface area contributed by atoms with Crippen LogP contribution in [0.2, 0.25) is 5.02 Å². The molecule has 0 radical (unpaired) electrons. The summed E-state index contributed by atoms with van der Waals surface area (Å²) in [5.41, 5.74) is 4.52. The second-order valence-electron chi connectivity index (χ2n) is 6.72. The van der Waals surface area contributed by atoms with E-state index in [0.717, 1.165) is 11.1 Å². The van der Waals surface area contributed by atoms with Gasteiger partial charge in [-0.2, -0.15) is 5.10 Å². The molecular weight excluding hydrogens is 416 g/mol. The van der Waals surface area contributed by atoms with Crippen LogP contribution in [0.5, 0.6) is 11.5 Å². The lowest BCUT2D eigenvalue weighted by molar-refractivity contribution is -0.127. The van der Waals surface area contributed by atoms with E-state index in [9.17, 15) is 9.59 Å². The summed E-state index contributed by atoms with van der Waals surface area (Å²) in [7, 11) is 0. The molecule has 3 rings (SSSR count). The van der Waals surface area contributed by atoms with Crippen molar-refractivity contribution in [2.24, 2.45) is 5.10 Å². The first-order valence-corrected chi connectivity index (χ1v) is 9.93. The number of benzene rings is 3. The van der Waals surface area contributed by atoms with E-state index in [-0.39, 0.29) is 0 Å². The largest absolute Gasteiger partial charge is 0.481 e. The van der Waals surface area contributed by atoms with Crippen LogP contribution >= 0.6 is 11.6 Å². The number of hydrogen-bond donors (Lipinski definition) is 1. The highest BCUT2D eigenvalue weighted by Crippen LogP contribution is 2.17. The van der Waals surface area contributed by atoms with Gasteiger partial charge in [0.15, 0.2) is 6.10 Å². The number of nitrogens with one attached hydrogen (secondary N) is 1. The monoisotopic (exact) mass is 436 g/mol. The van der Waals surface area contributed by atoms with E-state index in [1.807, 2.05) is 19.1 Å². The zero-order valence-corrected chi connectivity index (χ0v) is 17.8. The first kappa shape index (κ1) is 22.1. The highest BCUT2D eigenvalue weighted by atomic mass is 35.5. The highest BCUT2D eigenvalue weighted by molar-refractivity contribution is 6.30. The summed E-state index contributed by atoms with van der Waals surface area (Å²) < 4.78 is 10.9. The van der Waals surface area contributed by atoms with Crippen LogP contribution in [0.1, 0.15) is 28.4 Å². The molecule has 1 atom stereocenters. The molecule has 0 bridgehead atoms. The van der Waals surface area contributed by atoms with Gasteiger partial charge in [0.25, 0.3) is 5.91 Å². The first-order chi connectivity index (χ1) is 14.9. The minimum Gasteiger partial charge on any atom is -0.481 e. The summed E-state index contributed by atoms with van der Waals surface area (Å²) in [6.45, 7) is 3.48. The summed E-state index contributed by atoms with van der Waals surface area (Å²) in [6, 6.07) is 20.7. The third kappa shape index (κ3) is 6.42. The Morgan fingerprint density at radius 3 is 2.29 bits per heavy atom. The van der Waals surface area contributed by atoms with E-state index in [1.54, 1.807) is 67.6 Å². The van der Waals surface area contributed by atoms with Crippen molar-refractivity contribution >= 4 is 29.7 Å². The maximum absolute atomic E-state index is 12.3. The average Bonchev–Trinajstić information content (AvgIpc) is 2.76. The second kappa shape index (κ2) is 10.4. The molecule has 7 heteroatoms. The molecule has 0 aliphatic carbocycles. The first-order valence-electron chi connectivity index (χ1n) is 9.55. The molecule has 0 unspecified atom stereocenters. The van der Waals surface area contributed by atoms with E-state index < -0.39 is 18.0 Å². The third-order valence-corrected chi connectivity index (χ3v) is 4.59. The molecule has 31 heavy (non-hydrogen) atoms. The van der Waals surface area contributed by atoms with Crippen LogP contribution < -0.4 is 14.9 Å². The summed E-state index contributed by atoms with van der Waals surface area (Å²) >= 11 is 5.83. The maximum Gasteiger partial charge on any atom is 0.343 e. The molecule has 0 aliphatic rings. The Morgan fingerprint density at radius 1 is 0.968 bits per heavy atom. The Balaban J connectivity index is 1.51. The predicted molar refractivity (Wildman–Crippen MR) is 120 cm³/mol. The minimum absolute atomic E-state index is 0.394. The number of hydrazone groups is 1. The fraction of sp³-hybridized carbons (Fsp3) is 0.125. The van der Waals surface area contributed by atoms with Crippen LogP contribution in [0.3, 0.4) is 0 Å². The number of halogens is 1. The van der Waals surface area contributed by atoms with Crippen LogP contribution in [0.25, 0.3) is 0 Å². The van der Waals surface area contributed by atoms with Gasteiger partial charge in [0.05, 0.1) is 11.8 Å². The van der Waals surface area contributed by atoms with Gasteiger partial charge in [0.1, 0.15) is 11.5 Å². The van der Waals surface area contributed by atoms with E-state index in [4.69, 9.17) is 21.1 Å². The number of rotatable bonds is 7. The standard InChI is InChI=1S/C24H21ClN2O4/c1-16-5-3-4-6-22(16)24(29)31-21-11-7-18(8-12-21)15-26-27-23(28)17(2)30-20-13-9-19(25)10-14-20/h3-15,17H,1-2H3,(H,27,28)/b26-15-/t17-/m1/s1. The van der Waals surface area contributed by atoms with Gasteiger partial charge in [-0.05, 0) is 79.6 Å². The quantitative estimate of drug-likeness (QED) is 0.250. The highest BCUT2D eigenvalue weighted by Gasteiger charge is 2.14. The molecule has 6 nitrogen and oxygen atoms in total. The molecule has 0 fully saturated rings. The molecule has 0 saturated carbocycles. The predicted octanol–water partition coefficient (Wildman–Crippen LogP) is 4.79. The van der Waals surface area contributed by atoms with Crippen molar-refractivity contribution < 1.29 is 19.1 Å². The molecule has 0 aliphatic heterocycles. The summed E-state index contributed by atoms with van der Waals surface area (Å²) in [5.74, 6) is 0.141. The Morgan fingerprint density at radius 2 is 1.61 bits per heavy atom. The van der Waals surface area contributed by atoms with Gasteiger partial charge in [0, 0.05) is 5.02 Å². The van der Waals surface area contributed by atoms with Crippen LogP contribution in [0, 0.1) is 6.92 Å². The van der Waals surface area contributed by atoms with Crippen LogP contribution in [0.4, 0.5) is 0 Å². The van der Waals surface area contributed by atoms with Gasteiger partial charge in [-0.1, -0.05) is 29.8 Å². The van der Waals surface area contributed by atoms with Crippen molar-refractivity contribution in [3.63, 3.8) is 0 Å². The Hall–Kier alpha value is -3.64. The van der Waals surface area contributed by atoms with E-state index in [0.29, 0.717) is 22.1 Å². The van der Waals surface area contributed by atoms with Crippen molar-refractivity contribution in [3.05, 3.63) is 94.5 Å². The van der Waals surface area contributed by atoms with Crippen molar-refractivity contribution in [1.29, 1.82) is 0 Å². The van der Waals surface area contributed by atoms with Gasteiger partial charge in [-0.3, -0.25) is 4.79 Å². The third-order valence-electron chi connectivity index (χ3n) is 4.34. The van der Waals surface area contributed by atoms with Gasteiger partial charge in [-0.25, -0.2) is 10.2 Å². The fourth-order valence-electron chi connectivity index (χ4n) is 2.62. The Kier molecular flexibility index (Phi) is 7.40. The maximum atomic E-state index is 12.3. The molecule has 158 valence electrons. The van der Waals surface area contributed by atoms with E-state index in [2.05, 4.69) is 10.5 Å². The smallest absolute Gasteiger partial charge is 0.343 e. The Labute approximate surface area is 185 Å². The molecule has 1 amide bonds. The molecule has 0 saturated heterocycles. The second-order valence-corrected chi connectivity index (χ2v) is 7.16. The number of esters is 1. The van der Waals surface area contributed by atoms with Gasteiger partial charge >= 0.3 is 5.97 Å². The molecule has 3 aromatic carbocycles. The van der Waals surface area contributed by atoms with E-state index in [1.165, 1.54) is 6.21 Å². The van der Waals surface area contributed by atoms with Crippen LogP contribution in [-0.2, 0) is 4.79 Å². The summed E-state index contributed by atoms with van der Waals surface area (Å²) in [4.78, 5) is 24.4. The number of nitrogens with zero attached hydrogens (tertiary/aromatic N) is 1. The van der Waals surface area contributed by atoms with Crippen LogP contribution in [-0.4, -0.2) is 24.2 Å². The van der Waals surface area contributed by atoms with Crippen LogP contribution in [0.15, 0.2) is 77.9 Å². The average molecular weight is 437 g/mol. The molecular formula is C24H21ClN2O4. The van der Waals surface area contributed by atoms with Crippen molar-refractivity contribution in [1.82, 2.24) is 5.43 Å². The van der Waals surface area contributed by atoms with Gasteiger partial charge in [-0.15, -0.1) is 0 Å². The SMILES string of the molecule is Cc1ccccc1C(=O)Oc1ccc(/C=N\NC(=O)[C@@H](C)Oc2ccc(Cl)cc2)cc1. The Bertz CT molecular complexity index is 1080. The van der Waals surface area contributed by atoms with Gasteiger partial charge in [0.2, 0.25) is 0 Å². The number of amides is 1. The van der Waals surface area contributed by atoms with Crippen molar-refractivity contribution in [2.45, 2.75) is 20.0 Å². The van der Waals surface area contributed by atoms with Crippen molar-refractivity contribution in [2.75, 3.05) is 0 Å². The topological polar surface area (TPSA) is 77.0 Å². The molecule has 3 aromatic rings. The fourth-order valence-corrected chi connectivity index (χ4v) is 2.74. The zero-order valence-electron chi connectivity index (χ0n) is 17.0. The number of ether oxygens (including phenoxy) is 2. The lowest BCUT2D eigenvalue weighted by atomic mass is 10.1. The normalized spacial score (nSPS) is 11.7. The van der Waals surface area contributed by atoms with Crippen molar-refractivity contribution in [3.8, 4) is 11.5 Å². The lowest BCUT2D eigenvalue weighted by Gasteiger charge is -2.12.